The van der Waals surface area contributed by atoms with E-state index in [1.807, 2.05) is 67.3 Å². The fourth-order valence-electron chi connectivity index (χ4n) is 5.16. The van der Waals surface area contributed by atoms with Crippen LogP contribution in [0.3, 0.4) is 0 Å². The smallest absolute Gasteiger partial charge is 0.160 e. The lowest BCUT2D eigenvalue weighted by Crippen LogP contribution is -2.33. The molecule has 2 unspecified atom stereocenters. The maximum Gasteiger partial charge on any atom is 0.160 e. The summed E-state index contributed by atoms with van der Waals surface area (Å²) in [6.07, 6.45) is 12.0. The molecule has 208 valence electrons. The van der Waals surface area contributed by atoms with E-state index in [2.05, 4.69) is 45.6 Å². The highest BCUT2D eigenvalue weighted by Gasteiger charge is 2.38. The van der Waals surface area contributed by atoms with Gasteiger partial charge in [-0.2, -0.15) is 0 Å². The van der Waals surface area contributed by atoms with Crippen LogP contribution in [0.4, 0.5) is 5.69 Å². The molecule has 8 nitrogen and oxygen atoms in total. The number of halogens is 1. The summed E-state index contributed by atoms with van der Waals surface area (Å²) in [6, 6.07) is 9.86. The van der Waals surface area contributed by atoms with E-state index in [1.165, 1.54) is 31.2 Å². The number of amidine groups is 1. The average Bonchev–Trinajstić information content (AvgIpc) is 3.59. The highest BCUT2D eigenvalue weighted by Crippen LogP contribution is 2.39. The summed E-state index contributed by atoms with van der Waals surface area (Å²) < 4.78 is 8.06. The fourth-order valence-corrected chi connectivity index (χ4v) is 5.38. The first-order valence-electron chi connectivity index (χ1n) is 13.8. The van der Waals surface area contributed by atoms with E-state index in [-0.39, 0.29) is 0 Å². The quantitative estimate of drug-likeness (QED) is 0.405. The lowest BCUT2D eigenvalue weighted by molar-refractivity contribution is 0.269. The van der Waals surface area contributed by atoms with Crippen molar-refractivity contribution in [3.63, 3.8) is 0 Å². The molecule has 5 rings (SSSR count). The minimum absolute atomic E-state index is 0.464. The van der Waals surface area contributed by atoms with Crippen molar-refractivity contribution in [3.05, 3.63) is 83.0 Å². The number of aromatic nitrogens is 1. The van der Waals surface area contributed by atoms with Crippen LogP contribution < -0.4 is 15.5 Å². The first-order valence-corrected chi connectivity index (χ1v) is 14.1. The predicted molar refractivity (Wildman–Crippen MR) is 164 cm³/mol. The minimum atomic E-state index is 0.464. The van der Waals surface area contributed by atoms with Gasteiger partial charge in [0.25, 0.3) is 0 Å². The summed E-state index contributed by atoms with van der Waals surface area (Å²) in [5.41, 5.74) is 4.15. The van der Waals surface area contributed by atoms with E-state index < -0.39 is 0 Å². The zero-order valence-electron chi connectivity index (χ0n) is 23.6. The summed E-state index contributed by atoms with van der Waals surface area (Å²) in [5.74, 6) is 3.30. The summed E-state index contributed by atoms with van der Waals surface area (Å²) in [5, 5.41) is 3.83. The zero-order chi connectivity index (χ0) is 28.2. The molecule has 1 aromatic carbocycles. The Morgan fingerprint density at radius 2 is 2.12 bits per heavy atom. The number of likely N-dealkylation sites (tertiary alicyclic amines) is 1. The van der Waals surface area contributed by atoms with Crippen LogP contribution >= 0.6 is 11.6 Å². The third-order valence-corrected chi connectivity index (χ3v) is 7.89. The Balaban J connectivity index is 1.34. The molecule has 3 heterocycles. The van der Waals surface area contributed by atoms with Crippen LogP contribution in [-0.2, 0) is 7.05 Å². The Labute approximate surface area is 240 Å². The molecule has 1 aliphatic carbocycles. The highest BCUT2D eigenvalue weighted by atomic mass is 35.5. The highest BCUT2D eigenvalue weighted by molar-refractivity contribution is 6.53. The van der Waals surface area contributed by atoms with Gasteiger partial charge in [0.2, 0.25) is 0 Å². The summed E-state index contributed by atoms with van der Waals surface area (Å²) in [7, 11) is 1.95. The first kappa shape index (κ1) is 27.6. The molecule has 1 N–H and O–H groups in total. The van der Waals surface area contributed by atoms with Gasteiger partial charge in [-0.05, 0) is 69.7 Å². The normalized spacial score (nSPS) is 22.8. The average molecular weight is 558 g/mol. The lowest BCUT2D eigenvalue weighted by atomic mass is 10.1. The number of ether oxygens (including phenoxy) is 1. The van der Waals surface area contributed by atoms with Crippen molar-refractivity contribution in [1.29, 1.82) is 0 Å². The van der Waals surface area contributed by atoms with Gasteiger partial charge in [0, 0.05) is 43.8 Å². The molecule has 1 saturated heterocycles. The van der Waals surface area contributed by atoms with Crippen molar-refractivity contribution < 1.29 is 4.74 Å². The molecule has 2 fully saturated rings. The number of benzene rings is 1. The minimum Gasteiger partial charge on any atom is -0.456 e. The van der Waals surface area contributed by atoms with E-state index in [0.717, 1.165) is 41.6 Å². The van der Waals surface area contributed by atoms with Crippen molar-refractivity contribution >= 4 is 35.2 Å². The van der Waals surface area contributed by atoms with Crippen LogP contribution in [0.5, 0.6) is 11.5 Å². The topological polar surface area (TPSA) is 78.9 Å². The molecule has 2 aliphatic heterocycles. The number of fused-ring (bicyclic) bond motifs is 2. The molecule has 2 bridgehead atoms. The number of allylic oxidation sites excluding steroid dienone is 2. The van der Waals surface area contributed by atoms with Crippen LogP contribution in [0.1, 0.15) is 46.5 Å². The van der Waals surface area contributed by atoms with E-state index in [1.54, 1.807) is 0 Å². The molecule has 3 aliphatic rings. The Bertz CT molecular complexity index is 1530. The van der Waals surface area contributed by atoms with Crippen molar-refractivity contribution in [3.8, 4) is 11.5 Å². The Kier molecular flexibility index (Phi) is 8.35. The maximum absolute atomic E-state index is 6.66. The third kappa shape index (κ3) is 6.12. The maximum atomic E-state index is 6.66. The van der Waals surface area contributed by atoms with Gasteiger partial charge in [-0.15, -0.1) is 0 Å². The molecule has 9 heteroatoms. The van der Waals surface area contributed by atoms with E-state index in [4.69, 9.17) is 21.3 Å². The second-order valence-electron chi connectivity index (χ2n) is 10.4. The fraction of sp³-hybridized carbons (Fsp3) is 0.355. The molecule has 0 spiro atoms. The molecule has 2 atom stereocenters. The van der Waals surface area contributed by atoms with E-state index in [0.29, 0.717) is 34.1 Å². The molecular formula is C31H36ClN7O. The second-order valence-corrected chi connectivity index (χ2v) is 10.8. The van der Waals surface area contributed by atoms with Crippen LogP contribution in [-0.4, -0.2) is 39.9 Å². The van der Waals surface area contributed by atoms with Gasteiger partial charge in [0.15, 0.2) is 5.84 Å². The van der Waals surface area contributed by atoms with Gasteiger partial charge in [-0.1, -0.05) is 36.8 Å². The Hall–Kier alpha value is -3.91. The number of anilines is 1. The molecular weight excluding hydrogens is 522 g/mol. The number of rotatable bonds is 7. The van der Waals surface area contributed by atoms with Crippen LogP contribution in [0.15, 0.2) is 92.4 Å². The summed E-state index contributed by atoms with van der Waals surface area (Å²) in [4.78, 5) is 20.7. The van der Waals surface area contributed by atoms with Gasteiger partial charge in [-0.3, -0.25) is 0 Å². The van der Waals surface area contributed by atoms with Crippen LogP contribution in [0.2, 0.25) is 5.02 Å². The van der Waals surface area contributed by atoms with Crippen molar-refractivity contribution in [1.82, 2.24) is 9.47 Å². The second kappa shape index (κ2) is 12.1. The van der Waals surface area contributed by atoms with Crippen molar-refractivity contribution in [2.45, 2.75) is 52.5 Å². The number of hydrogen-bond donors (Lipinski definition) is 1. The number of hydrogen-bond acceptors (Lipinski definition) is 7. The predicted octanol–water partition coefficient (Wildman–Crippen LogP) is 6.84. The molecule has 1 saturated carbocycles. The number of nitrogens with zero attached hydrogens (tertiary/aromatic N) is 6. The number of nitrogens with one attached hydrogen (secondary N) is 1. The SMILES string of the molecule is C=C(/N=C1\C(=CC)N=CN=C1Nc1ccc(Oc2ccn(C)c(=NC=C(C)CC)c2)c(Cl)c1)N1CC2CCC1C2. The van der Waals surface area contributed by atoms with E-state index in [9.17, 15) is 0 Å². The summed E-state index contributed by atoms with van der Waals surface area (Å²) in [6.45, 7) is 11.4. The molecule has 0 amide bonds. The number of piperidine rings is 1. The van der Waals surface area contributed by atoms with Crippen LogP contribution in [0, 0.1) is 5.92 Å². The van der Waals surface area contributed by atoms with Gasteiger partial charge < -0.3 is 19.5 Å². The molecule has 40 heavy (non-hydrogen) atoms. The Morgan fingerprint density at radius 3 is 2.83 bits per heavy atom. The van der Waals surface area contributed by atoms with Crippen molar-refractivity contribution in [2.24, 2.45) is 32.9 Å². The molecule has 0 radical (unpaired) electrons. The monoisotopic (exact) mass is 557 g/mol. The zero-order valence-corrected chi connectivity index (χ0v) is 24.3. The van der Waals surface area contributed by atoms with Gasteiger partial charge >= 0.3 is 0 Å². The molecule has 1 aromatic heterocycles. The summed E-state index contributed by atoms with van der Waals surface area (Å²) >= 11 is 6.66. The Morgan fingerprint density at radius 1 is 1.27 bits per heavy atom. The third-order valence-electron chi connectivity index (χ3n) is 7.60. The van der Waals surface area contributed by atoms with E-state index >= 15 is 0 Å². The largest absolute Gasteiger partial charge is 0.456 e. The number of pyridine rings is 1. The molecule has 2 aromatic rings. The van der Waals surface area contributed by atoms with Gasteiger partial charge in [0.1, 0.15) is 34.9 Å². The number of aryl methyl sites for hydroxylation is 1. The van der Waals surface area contributed by atoms with Crippen molar-refractivity contribution in [2.75, 3.05) is 11.9 Å². The number of aliphatic imine (C=N–C) groups is 3. The first-order chi connectivity index (χ1) is 19.3. The van der Waals surface area contributed by atoms with Crippen LogP contribution in [0.25, 0.3) is 0 Å². The van der Waals surface area contributed by atoms with Gasteiger partial charge in [-0.25, -0.2) is 20.0 Å². The lowest BCUT2D eigenvalue weighted by Gasteiger charge is -2.29. The standard InChI is InChI=1S/C31H36ClN7O/c1-6-20(3)17-33-29-16-25(12-13-38(29)5)40-28-11-9-23(15-26(28)32)37-31-30(27(7-2)34-19-35-31)36-21(4)39-18-22-8-10-24(39)14-22/h7,9,11-13,15-17,19,22,24H,4,6,8,10,14,18H2,1-3,5H3,(H,34,35,37)/b20-17?,27-7?,33-29?,36-30+. The van der Waals surface area contributed by atoms with Gasteiger partial charge in [0.05, 0.1) is 10.7 Å².